The van der Waals surface area contributed by atoms with Gasteiger partial charge in [0.25, 0.3) is 0 Å². The minimum atomic E-state index is -0.253. The van der Waals surface area contributed by atoms with Crippen molar-refractivity contribution in [2.45, 2.75) is 58.8 Å². The second-order valence-corrected chi connectivity index (χ2v) is 9.20. The number of anilines is 3. The lowest BCUT2D eigenvalue weighted by Gasteiger charge is -2.30. The number of nitrogens with zero attached hydrogens (tertiary/aromatic N) is 2. The number of rotatable bonds is 6. The molecule has 0 unspecified atom stereocenters. The van der Waals surface area contributed by atoms with E-state index < -0.39 is 0 Å². The van der Waals surface area contributed by atoms with Crippen LogP contribution in [0.4, 0.5) is 17.1 Å². The summed E-state index contributed by atoms with van der Waals surface area (Å²) in [6.45, 7) is 9.12. The van der Waals surface area contributed by atoms with Crippen LogP contribution in [-0.4, -0.2) is 32.5 Å². The van der Waals surface area contributed by atoms with Gasteiger partial charge in [0.2, 0.25) is 11.8 Å². The highest BCUT2D eigenvalue weighted by atomic mass is 16.2. The zero-order valence-corrected chi connectivity index (χ0v) is 19.7. The van der Waals surface area contributed by atoms with Crippen LogP contribution in [0.15, 0.2) is 36.4 Å². The lowest BCUT2D eigenvalue weighted by Crippen LogP contribution is -2.37. The van der Waals surface area contributed by atoms with E-state index in [0.29, 0.717) is 6.54 Å². The molecule has 31 heavy (non-hydrogen) atoms. The summed E-state index contributed by atoms with van der Waals surface area (Å²) in [4.78, 5) is 29.8. The Morgan fingerprint density at radius 3 is 2.26 bits per heavy atom. The normalized spacial score (nSPS) is 13.4. The van der Waals surface area contributed by atoms with Crippen molar-refractivity contribution in [2.75, 3.05) is 35.8 Å². The first-order valence-corrected chi connectivity index (χ1v) is 11.2. The van der Waals surface area contributed by atoms with E-state index in [-0.39, 0.29) is 30.1 Å². The maximum Gasteiger partial charge on any atom is 0.236 e. The molecule has 0 atom stereocenters. The Labute approximate surface area is 186 Å². The molecule has 5 nitrogen and oxygen atoms in total. The van der Waals surface area contributed by atoms with Gasteiger partial charge in [-0.3, -0.25) is 9.59 Å². The average molecular weight is 422 g/mol. The molecule has 1 N–H and O–H groups in total. The van der Waals surface area contributed by atoms with Crippen LogP contribution < -0.4 is 15.1 Å². The predicted molar refractivity (Wildman–Crippen MR) is 129 cm³/mol. The van der Waals surface area contributed by atoms with Gasteiger partial charge in [-0.15, -0.1) is 0 Å². The van der Waals surface area contributed by atoms with Crippen molar-refractivity contribution in [3.8, 4) is 0 Å². The summed E-state index contributed by atoms with van der Waals surface area (Å²) in [7, 11) is 4.02. The van der Waals surface area contributed by atoms with Crippen molar-refractivity contribution in [1.29, 1.82) is 0 Å². The molecule has 0 spiro atoms. The SMILES string of the molecule is CC(C)c1cccc(C(C)C)c1NC(=O)CC(=O)N1CCCc2cc(N(C)C)ccc21. The van der Waals surface area contributed by atoms with Gasteiger partial charge in [-0.2, -0.15) is 0 Å². The van der Waals surface area contributed by atoms with E-state index in [2.05, 4.69) is 56.1 Å². The van der Waals surface area contributed by atoms with Gasteiger partial charge in [-0.25, -0.2) is 0 Å². The standard InChI is InChI=1S/C26H35N3O2/c1-17(2)21-10-7-11-22(18(3)4)26(21)27-24(30)16-25(31)29-14-8-9-19-15-20(28(5)6)12-13-23(19)29/h7,10-13,15,17-18H,8-9,14,16H2,1-6H3,(H,27,30). The summed E-state index contributed by atoms with van der Waals surface area (Å²) in [6, 6.07) is 12.3. The molecule has 1 aliphatic rings. The Hall–Kier alpha value is -2.82. The van der Waals surface area contributed by atoms with Crippen molar-refractivity contribution >= 4 is 28.9 Å². The quantitative estimate of drug-likeness (QED) is 0.643. The van der Waals surface area contributed by atoms with Crippen LogP contribution in [-0.2, 0) is 16.0 Å². The summed E-state index contributed by atoms with van der Waals surface area (Å²) >= 11 is 0. The largest absolute Gasteiger partial charge is 0.378 e. The van der Waals surface area contributed by atoms with Crippen molar-refractivity contribution < 1.29 is 9.59 Å². The maximum atomic E-state index is 13.1. The monoisotopic (exact) mass is 421 g/mol. The van der Waals surface area contributed by atoms with E-state index in [1.165, 1.54) is 5.56 Å². The number of aryl methyl sites for hydroxylation is 1. The van der Waals surface area contributed by atoms with E-state index in [9.17, 15) is 9.59 Å². The first-order chi connectivity index (χ1) is 14.7. The second kappa shape index (κ2) is 9.54. The maximum absolute atomic E-state index is 13.1. The lowest BCUT2D eigenvalue weighted by molar-refractivity contribution is -0.125. The van der Waals surface area contributed by atoms with Crippen molar-refractivity contribution in [3.05, 3.63) is 53.1 Å². The van der Waals surface area contributed by atoms with E-state index >= 15 is 0 Å². The molecule has 1 heterocycles. The summed E-state index contributed by atoms with van der Waals surface area (Å²) in [6.07, 6.45) is 1.70. The average Bonchev–Trinajstić information content (AvgIpc) is 2.72. The zero-order valence-electron chi connectivity index (χ0n) is 19.7. The van der Waals surface area contributed by atoms with Gasteiger partial charge in [0.05, 0.1) is 0 Å². The number of carbonyl (C=O) groups excluding carboxylic acids is 2. The first kappa shape index (κ1) is 22.9. The number of para-hydroxylation sites is 1. The Morgan fingerprint density at radius 1 is 1.03 bits per heavy atom. The summed E-state index contributed by atoms with van der Waals surface area (Å²) in [5.41, 5.74) is 6.29. The molecule has 0 aliphatic carbocycles. The number of fused-ring (bicyclic) bond motifs is 1. The number of hydrogen-bond acceptors (Lipinski definition) is 3. The van der Waals surface area contributed by atoms with Gasteiger partial charge in [-0.1, -0.05) is 45.9 Å². The van der Waals surface area contributed by atoms with Crippen molar-refractivity contribution in [2.24, 2.45) is 0 Å². The molecule has 0 fully saturated rings. The molecule has 5 heteroatoms. The fourth-order valence-corrected chi connectivity index (χ4v) is 4.23. The zero-order chi connectivity index (χ0) is 22.7. The Kier molecular flexibility index (Phi) is 7.04. The van der Waals surface area contributed by atoms with E-state index in [0.717, 1.165) is 41.0 Å². The fraction of sp³-hybridized carbons (Fsp3) is 0.462. The lowest BCUT2D eigenvalue weighted by atomic mass is 9.92. The molecular weight excluding hydrogens is 386 g/mol. The van der Waals surface area contributed by atoms with E-state index in [1.807, 2.05) is 32.3 Å². The van der Waals surface area contributed by atoms with Gasteiger partial charge < -0.3 is 15.1 Å². The van der Waals surface area contributed by atoms with Crippen LogP contribution in [0.25, 0.3) is 0 Å². The van der Waals surface area contributed by atoms with Crippen LogP contribution in [0.5, 0.6) is 0 Å². The molecular formula is C26H35N3O2. The van der Waals surface area contributed by atoms with Crippen LogP contribution in [0.2, 0.25) is 0 Å². The number of benzene rings is 2. The van der Waals surface area contributed by atoms with Crippen LogP contribution in [0.1, 0.15) is 69.1 Å². The molecule has 0 radical (unpaired) electrons. The van der Waals surface area contributed by atoms with Crippen LogP contribution in [0, 0.1) is 0 Å². The second-order valence-electron chi connectivity index (χ2n) is 9.20. The molecule has 3 rings (SSSR count). The summed E-state index contributed by atoms with van der Waals surface area (Å²) < 4.78 is 0. The number of hydrogen-bond donors (Lipinski definition) is 1. The van der Waals surface area contributed by atoms with Gasteiger partial charge in [-0.05, 0) is 59.6 Å². The highest BCUT2D eigenvalue weighted by Crippen LogP contribution is 2.33. The molecule has 166 valence electrons. The van der Waals surface area contributed by atoms with Crippen molar-refractivity contribution in [1.82, 2.24) is 0 Å². The Morgan fingerprint density at radius 2 is 1.68 bits per heavy atom. The molecule has 2 aromatic rings. The molecule has 0 saturated carbocycles. The van der Waals surface area contributed by atoms with E-state index in [1.54, 1.807) is 4.90 Å². The third-order valence-electron chi connectivity index (χ3n) is 5.95. The third-order valence-corrected chi connectivity index (χ3v) is 5.95. The van der Waals surface area contributed by atoms with Crippen LogP contribution in [0.3, 0.4) is 0 Å². The highest BCUT2D eigenvalue weighted by Gasteiger charge is 2.25. The third kappa shape index (κ3) is 5.09. The Balaban J connectivity index is 1.78. The molecule has 1 aliphatic heterocycles. The Bertz CT molecular complexity index is 937. The highest BCUT2D eigenvalue weighted by molar-refractivity contribution is 6.10. The number of amides is 2. The molecule has 0 aromatic heterocycles. The number of nitrogens with one attached hydrogen (secondary N) is 1. The topological polar surface area (TPSA) is 52.7 Å². The summed E-state index contributed by atoms with van der Waals surface area (Å²) in [5.74, 6) is 0.162. The minimum Gasteiger partial charge on any atom is -0.378 e. The van der Waals surface area contributed by atoms with E-state index in [4.69, 9.17) is 0 Å². The van der Waals surface area contributed by atoms with Crippen molar-refractivity contribution in [3.63, 3.8) is 0 Å². The number of carbonyl (C=O) groups is 2. The smallest absolute Gasteiger partial charge is 0.236 e. The fourth-order valence-electron chi connectivity index (χ4n) is 4.23. The van der Waals surface area contributed by atoms with Gasteiger partial charge in [0.1, 0.15) is 6.42 Å². The molecule has 0 saturated heterocycles. The first-order valence-electron chi connectivity index (χ1n) is 11.2. The summed E-state index contributed by atoms with van der Waals surface area (Å²) in [5, 5.41) is 3.07. The van der Waals surface area contributed by atoms with Gasteiger partial charge in [0, 0.05) is 37.7 Å². The van der Waals surface area contributed by atoms with Gasteiger partial charge >= 0.3 is 0 Å². The minimum absolute atomic E-state index is 0.149. The predicted octanol–water partition coefficient (Wildman–Crippen LogP) is 5.31. The molecule has 2 amide bonds. The van der Waals surface area contributed by atoms with Gasteiger partial charge in [0.15, 0.2) is 0 Å². The molecule has 2 aromatic carbocycles. The molecule has 0 bridgehead atoms. The van der Waals surface area contributed by atoms with Crippen LogP contribution >= 0.6 is 0 Å².